The van der Waals surface area contributed by atoms with Gasteiger partial charge in [0.05, 0.1) is 0 Å². The normalized spacial score (nSPS) is 10.5. The van der Waals surface area contributed by atoms with Gasteiger partial charge in [-0.1, -0.05) is 69.2 Å². The Morgan fingerprint density at radius 3 is 0.705 bits per heavy atom. The Kier molecular flexibility index (Phi) is 100. The van der Waals surface area contributed by atoms with Crippen LogP contribution >= 0.6 is 0 Å². The first-order valence-corrected chi connectivity index (χ1v) is 31.1. The minimum Gasteiger partial charge on any atom is -0.330 e. The number of unbranched alkanes of at least 4 members (excludes halogenated alkanes) is 12. The zero-order valence-corrected chi connectivity index (χ0v) is 51.0. The molecule has 1 aromatic carbocycles. The second-order valence-electron chi connectivity index (χ2n) is 19.3. The number of rotatable bonds is 50. The summed E-state index contributed by atoms with van der Waals surface area (Å²) in [5.74, 6) is 0. The van der Waals surface area contributed by atoms with Gasteiger partial charge in [0.2, 0.25) is 0 Å². The fourth-order valence-electron chi connectivity index (χ4n) is 7.25. The topological polar surface area (TPSA) is 459 Å². The van der Waals surface area contributed by atoms with E-state index in [9.17, 15) is 0 Å². The van der Waals surface area contributed by atoms with E-state index in [1.807, 2.05) is 24.3 Å². The van der Waals surface area contributed by atoms with Gasteiger partial charge in [0.25, 0.3) is 0 Å². The second kappa shape index (κ2) is 89.2. The Morgan fingerprint density at radius 2 is 0.449 bits per heavy atom. The van der Waals surface area contributed by atoms with Gasteiger partial charge in [0.1, 0.15) is 0 Å². The molecule has 474 valence electrons. The molecule has 1 aromatic rings. The van der Waals surface area contributed by atoms with Crippen molar-refractivity contribution in [3.8, 4) is 0 Å². The maximum atomic E-state index is 5.61. The van der Waals surface area contributed by atoms with Crippen LogP contribution in [0.1, 0.15) is 165 Å². The van der Waals surface area contributed by atoms with Gasteiger partial charge in [-0.2, -0.15) is 0 Å². The molecule has 78 heavy (non-hydrogen) atoms. The van der Waals surface area contributed by atoms with Crippen LogP contribution in [0.25, 0.3) is 0 Å². The van der Waals surface area contributed by atoms with Crippen LogP contribution in [0.5, 0.6) is 0 Å². The lowest BCUT2D eigenvalue weighted by Gasteiger charge is -2.24. The van der Waals surface area contributed by atoms with Crippen molar-refractivity contribution in [1.82, 2.24) is 25.8 Å². The number of benzene rings is 1. The molecular weight excluding hydrogens is 979 g/mol. The maximum Gasteiger partial charge on any atom is 0.0403 e. The van der Waals surface area contributed by atoms with Crippen molar-refractivity contribution in [1.29, 1.82) is 0 Å². The highest BCUT2D eigenvalue weighted by Crippen LogP contribution is 2.05. The summed E-state index contributed by atoms with van der Waals surface area (Å²) in [6.07, 6.45) is 28.6. The van der Waals surface area contributed by atoms with Crippen LogP contribution < -0.4 is 108 Å². The predicted molar refractivity (Wildman–Crippen MR) is 346 cm³/mol. The van der Waals surface area contributed by atoms with Crippen LogP contribution in [-0.2, 0) is 13.1 Å². The Bertz CT molecular complexity index is 999. The molecule has 0 atom stereocenters. The zero-order valence-electron chi connectivity index (χ0n) is 51.0. The molecule has 1 rings (SSSR count). The highest BCUT2D eigenvalue weighted by atomic mass is 15.1. The lowest BCUT2D eigenvalue weighted by Crippen LogP contribution is -2.32. The van der Waals surface area contributed by atoms with Gasteiger partial charge in [0.15, 0.2) is 0 Å². The summed E-state index contributed by atoms with van der Waals surface area (Å²) in [6.45, 7) is 24.2. The van der Waals surface area contributed by atoms with Gasteiger partial charge < -0.3 is 117 Å². The molecule has 0 heterocycles. The average molecular weight is 1120 g/mol. The lowest BCUT2D eigenvalue weighted by molar-refractivity contribution is 0.237. The number of nitrogens with one attached hydrogen (secondary N) is 3. The van der Waals surface area contributed by atoms with E-state index < -0.39 is 0 Å². The summed E-state index contributed by atoms with van der Waals surface area (Å²) >= 11 is 0. The van der Waals surface area contributed by atoms with Gasteiger partial charge in [0, 0.05) is 19.8 Å². The van der Waals surface area contributed by atoms with E-state index in [1.54, 1.807) is 0 Å². The van der Waals surface area contributed by atoms with E-state index >= 15 is 0 Å². The van der Waals surface area contributed by atoms with E-state index in [0.717, 1.165) is 239 Å². The third-order valence-electron chi connectivity index (χ3n) is 11.9. The molecule has 0 bridgehead atoms. The van der Waals surface area contributed by atoms with Crippen LogP contribution in [0.4, 0.5) is 0 Å². The molecule has 0 amide bonds. The fourth-order valence-corrected chi connectivity index (χ4v) is 7.25. The SMILES string of the molecule is NCCCCCCCCNCCCN.NCCCCCN.NCCCCCNCCCCCN.NCCCN(CCCN)CCCCN(CCCN)CCCN.NCCCNCCCN.NCN.NCc1cccc(CN)c1. The highest BCUT2D eigenvalue weighted by molar-refractivity contribution is 5.22. The molecular formula is C57H141N21. The van der Waals surface area contributed by atoms with E-state index in [0.29, 0.717) is 13.1 Å². The van der Waals surface area contributed by atoms with Crippen molar-refractivity contribution in [3.63, 3.8) is 0 Å². The summed E-state index contributed by atoms with van der Waals surface area (Å²) in [4.78, 5) is 5.01. The van der Waals surface area contributed by atoms with Crippen LogP contribution in [-0.4, -0.2) is 174 Å². The highest BCUT2D eigenvalue weighted by Gasteiger charge is 2.07. The van der Waals surface area contributed by atoms with Crippen LogP contribution in [0.2, 0.25) is 0 Å². The lowest BCUT2D eigenvalue weighted by atomic mass is 10.1. The molecule has 0 aromatic heterocycles. The van der Waals surface area contributed by atoms with Gasteiger partial charge in [-0.3, -0.25) is 0 Å². The Hall–Kier alpha value is -1.62. The first kappa shape index (κ1) is 87.6. The first-order valence-electron chi connectivity index (χ1n) is 31.1. The van der Waals surface area contributed by atoms with Gasteiger partial charge in [-0.05, 0) is 277 Å². The monoisotopic (exact) mass is 1120 g/mol. The minimum atomic E-state index is 0.250. The molecule has 0 unspecified atom stereocenters. The van der Waals surface area contributed by atoms with E-state index in [-0.39, 0.29) is 6.67 Å². The Labute approximate surface area is 482 Å². The molecule has 0 aliphatic rings. The first-order chi connectivity index (χ1) is 38.2. The average Bonchev–Trinajstić information content (AvgIpc) is 3.46. The summed E-state index contributed by atoms with van der Waals surface area (Å²) in [6, 6.07) is 8.00. The van der Waals surface area contributed by atoms with Crippen LogP contribution in [0.3, 0.4) is 0 Å². The molecule has 0 aliphatic heterocycles. The minimum absolute atomic E-state index is 0.250. The third-order valence-corrected chi connectivity index (χ3v) is 11.9. The summed E-state index contributed by atoms with van der Waals surface area (Å²) in [5, 5.41) is 10.0. The van der Waals surface area contributed by atoms with E-state index in [1.165, 1.54) is 83.5 Å². The van der Waals surface area contributed by atoms with Crippen LogP contribution in [0, 0.1) is 0 Å². The summed E-state index contributed by atoms with van der Waals surface area (Å²) in [7, 11) is 0. The maximum absolute atomic E-state index is 5.61. The van der Waals surface area contributed by atoms with Crippen molar-refractivity contribution < 1.29 is 0 Å². The smallest absolute Gasteiger partial charge is 0.0403 e. The molecule has 0 aliphatic carbocycles. The third kappa shape index (κ3) is 90.9. The second-order valence-corrected chi connectivity index (χ2v) is 19.3. The summed E-state index contributed by atoms with van der Waals surface area (Å²) in [5.41, 5.74) is 87.5. The number of nitrogens with zero attached hydrogens (tertiary/aromatic N) is 2. The number of hydrogen-bond acceptors (Lipinski definition) is 21. The van der Waals surface area contributed by atoms with Gasteiger partial charge in [-0.15, -0.1) is 0 Å². The summed E-state index contributed by atoms with van der Waals surface area (Å²) < 4.78 is 0. The van der Waals surface area contributed by atoms with Crippen molar-refractivity contribution in [2.45, 2.75) is 167 Å². The molecule has 0 saturated heterocycles. The molecule has 21 nitrogen and oxygen atoms in total. The standard InChI is InChI=1S/C16H40N6.C11H27N3.C10H25N3.C8H12N2.C6H17N3.C5H14N2.CH6N2/c17-7-3-13-21(14-4-8-18)11-1-2-12-22(15-5-9-19)16-6-10-20;12-8-5-3-1-2-4-6-10-14-11-7-9-13;11-7-3-1-5-9-13-10-6-2-4-8-12;9-5-7-2-1-3-8(4-7)6-10;7-3-1-5-9-6-2-4-8;6-4-2-1-3-5-7;2-1-3/h1-20H2;14H,1-13H2;13H,1-12H2;1-4H,5-6,9-10H2;9H,1-8H2;1-7H2;1-3H2. The number of nitrogens with two attached hydrogens (primary N) is 16. The molecule has 21 heteroatoms. The van der Waals surface area contributed by atoms with Crippen LogP contribution in [0.15, 0.2) is 24.3 Å². The fraction of sp³-hybridized carbons (Fsp3) is 0.895. The molecule has 0 spiro atoms. The largest absolute Gasteiger partial charge is 0.330 e. The van der Waals surface area contributed by atoms with Crippen molar-refractivity contribution in [3.05, 3.63) is 35.4 Å². The molecule has 0 radical (unpaired) electrons. The quantitative estimate of drug-likeness (QED) is 0.0314. The van der Waals surface area contributed by atoms with Gasteiger partial charge >= 0.3 is 0 Å². The number of hydrogen-bond donors (Lipinski definition) is 19. The van der Waals surface area contributed by atoms with Crippen molar-refractivity contribution >= 4 is 0 Å². The van der Waals surface area contributed by atoms with E-state index in [2.05, 4.69) is 37.2 Å². The molecule has 0 saturated carbocycles. The van der Waals surface area contributed by atoms with E-state index in [4.69, 9.17) is 80.3 Å². The van der Waals surface area contributed by atoms with Crippen molar-refractivity contribution in [2.24, 2.45) is 91.7 Å². The van der Waals surface area contributed by atoms with Crippen molar-refractivity contribution in [2.75, 3.05) is 164 Å². The zero-order chi connectivity index (χ0) is 59.3. The molecule has 35 N–H and O–H groups in total. The van der Waals surface area contributed by atoms with Gasteiger partial charge in [-0.25, -0.2) is 0 Å². The molecule has 0 fully saturated rings. The Morgan fingerprint density at radius 1 is 0.244 bits per heavy atom. The Balaban J connectivity index is -0.000000205. The predicted octanol–water partition coefficient (Wildman–Crippen LogP) is 0.637.